The van der Waals surface area contributed by atoms with Crippen LogP contribution >= 0.6 is 0 Å². The maximum atomic E-state index is 12.9. The Morgan fingerprint density at radius 2 is 1.68 bits per heavy atom. The largest absolute Gasteiger partial charge is 0.393 e. The molecule has 4 saturated carbocycles. The van der Waals surface area contributed by atoms with E-state index in [2.05, 4.69) is 33.0 Å². The molecule has 5 N–H and O–H groups in total. The predicted octanol–water partition coefficient (Wildman–Crippen LogP) is 4.42. The molecular formula is C32H57NO7S. The second-order valence-electron chi connectivity index (χ2n) is 15.4. The fourth-order valence-electron chi connectivity index (χ4n) is 10.7. The fourth-order valence-corrected chi connectivity index (χ4v) is 11.5. The van der Waals surface area contributed by atoms with Gasteiger partial charge in [0.2, 0.25) is 5.91 Å². The van der Waals surface area contributed by atoms with Crippen molar-refractivity contribution >= 4 is 16.0 Å². The van der Waals surface area contributed by atoms with Crippen LogP contribution in [0.1, 0.15) is 106 Å². The average molecular weight is 600 g/mol. The molecule has 4 rings (SSSR count). The van der Waals surface area contributed by atoms with E-state index in [1.54, 1.807) is 0 Å². The predicted molar refractivity (Wildman–Crippen MR) is 159 cm³/mol. The Labute approximate surface area is 248 Å². The van der Waals surface area contributed by atoms with E-state index in [1.807, 2.05) is 13.8 Å². The molecular weight excluding hydrogens is 542 g/mol. The van der Waals surface area contributed by atoms with E-state index in [0.717, 1.165) is 38.5 Å². The summed E-state index contributed by atoms with van der Waals surface area (Å²) >= 11 is 0. The number of amides is 1. The number of carbonyl (C=O) groups excluding carboxylic acids is 1. The third kappa shape index (κ3) is 6.40. The first-order chi connectivity index (χ1) is 19.0. The zero-order valence-corrected chi connectivity index (χ0v) is 26.9. The summed E-state index contributed by atoms with van der Waals surface area (Å²) < 4.78 is 32.3. The van der Waals surface area contributed by atoms with E-state index in [0.29, 0.717) is 19.3 Å². The summed E-state index contributed by atoms with van der Waals surface area (Å²) in [6, 6.07) is -0.622. The van der Waals surface area contributed by atoms with Gasteiger partial charge in [-0.3, -0.25) is 9.35 Å². The van der Waals surface area contributed by atoms with Crippen LogP contribution in [0, 0.1) is 58.2 Å². The maximum Gasteiger partial charge on any atom is 0.266 e. The number of carbonyl (C=O) groups is 1. The first kappa shape index (κ1) is 33.2. The Kier molecular flexibility index (Phi) is 9.98. The molecule has 0 aromatic rings. The SMILES string of the molecule is CC[C@H]1[C@@H](O)[C@@H]2[C@H](C[C@H](O)[C@]3(C)[C@@H]([C@H](C)CCC(=O)N[C@H](CC(C)C)CS(=O)(=O)O)CC[C@@H]23)[C@@]2(C)CC[C@@H](O)C[C@@H]12. The van der Waals surface area contributed by atoms with Crippen molar-refractivity contribution in [1.82, 2.24) is 5.32 Å². The number of aliphatic hydroxyl groups excluding tert-OH is 3. The molecule has 0 spiro atoms. The van der Waals surface area contributed by atoms with Crippen molar-refractivity contribution in [2.45, 2.75) is 130 Å². The molecule has 0 aromatic carbocycles. The Hall–Kier alpha value is -0.740. The molecule has 4 aliphatic carbocycles. The summed E-state index contributed by atoms with van der Waals surface area (Å²) in [7, 11) is -4.20. The lowest BCUT2D eigenvalue weighted by atomic mass is 9.41. The molecule has 0 saturated heterocycles. The number of nitrogens with one attached hydrogen (secondary N) is 1. The van der Waals surface area contributed by atoms with E-state index in [1.165, 1.54) is 0 Å². The molecule has 0 bridgehead atoms. The smallest absolute Gasteiger partial charge is 0.266 e. The monoisotopic (exact) mass is 599 g/mol. The zero-order chi connectivity index (χ0) is 30.5. The summed E-state index contributed by atoms with van der Waals surface area (Å²) in [5.41, 5.74) is -0.318. The van der Waals surface area contributed by atoms with Crippen LogP contribution in [-0.2, 0) is 14.9 Å². The second-order valence-corrected chi connectivity index (χ2v) is 16.9. The van der Waals surface area contributed by atoms with Gasteiger partial charge in [0, 0.05) is 12.5 Å². The highest BCUT2D eigenvalue weighted by Crippen LogP contribution is 2.69. The van der Waals surface area contributed by atoms with Crippen molar-refractivity contribution in [3.63, 3.8) is 0 Å². The van der Waals surface area contributed by atoms with Crippen molar-refractivity contribution in [1.29, 1.82) is 0 Å². The van der Waals surface area contributed by atoms with Crippen LogP contribution in [0.25, 0.3) is 0 Å². The van der Waals surface area contributed by atoms with Crippen molar-refractivity contribution in [2.75, 3.05) is 5.75 Å². The Bertz CT molecular complexity index is 1040. The van der Waals surface area contributed by atoms with Crippen molar-refractivity contribution < 1.29 is 33.1 Å². The normalized spacial score (nSPS) is 44.0. The second kappa shape index (κ2) is 12.3. The molecule has 0 aromatic heterocycles. The van der Waals surface area contributed by atoms with E-state index < -0.39 is 34.1 Å². The highest BCUT2D eigenvalue weighted by atomic mass is 32.2. The van der Waals surface area contributed by atoms with Crippen LogP contribution in [-0.4, -0.2) is 64.3 Å². The first-order valence-corrected chi connectivity index (χ1v) is 17.9. The third-order valence-electron chi connectivity index (χ3n) is 12.6. The number of hydrogen-bond donors (Lipinski definition) is 5. The molecule has 1 amide bonds. The number of rotatable bonds is 10. The first-order valence-electron chi connectivity index (χ1n) is 16.3. The summed E-state index contributed by atoms with van der Waals surface area (Å²) in [5.74, 6) is 0.938. The summed E-state index contributed by atoms with van der Waals surface area (Å²) in [6.45, 7) is 12.8. The van der Waals surface area contributed by atoms with Gasteiger partial charge in [-0.25, -0.2) is 0 Å². The van der Waals surface area contributed by atoms with Gasteiger partial charge < -0.3 is 20.6 Å². The highest BCUT2D eigenvalue weighted by Gasteiger charge is 2.67. The lowest BCUT2D eigenvalue weighted by Crippen LogP contribution is -2.65. The lowest BCUT2D eigenvalue weighted by Gasteiger charge is -2.65. The van der Waals surface area contributed by atoms with Gasteiger partial charge in [-0.05, 0) is 110 Å². The van der Waals surface area contributed by atoms with E-state index in [-0.39, 0.29) is 76.6 Å². The fraction of sp³-hybridized carbons (Fsp3) is 0.969. The van der Waals surface area contributed by atoms with Gasteiger partial charge in [0.25, 0.3) is 10.1 Å². The van der Waals surface area contributed by atoms with E-state index in [9.17, 15) is 33.1 Å². The quantitative estimate of drug-likeness (QED) is 0.234. The minimum atomic E-state index is -4.20. The standard InChI is InChI=1S/C32H57NO7S/c1-7-22-25-15-21(34)12-13-31(25,5)26-16-27(35)32(6)23(9-10-24(32)29(26)30(22)37)19(4)8-11-28(36)33-20(14-18(2)3)17-41(38,39)40/h18-27,29-30,34-35,37H,7-17H2,1-6H3,(H,33,36)(H,38,39,40)/t19-,20-,21-,22-,23-,24+,25+,26+,27+,29+,30-,31+,32-/m1/s1. The van der Waals surface area contributed by atoms with Crippen molar-refractivity contribution in [2.24, 2.45) is 58.2 Å². The molecule has 0 radical (unpaired) electrons. The van der Waals surface area contributed by atoms with Gasteiger partial charge in [0.1, 0.15) is 0 Å². The van der Waals surface area contributed by atoms with Crippen LogP contribution in [0.3, 0.4) is 0 Å². The summed E-state index contributed by atoms with van der Waals surface area (Å²) in [4.78, 5) is 12.9. The number of fused-ring (bicyclic) bond motifs is 5. The van der Waals surface area contributed by atoms with E-state index >= 15 is 0 Å². The van der Waals surface area contributed by atoms with Gasteiger partial charge in [0.05, 0.1) is 24.1 Å². The van der Waals surface area contributed by atoms with E-state index in [4.69, 9.17) is 0 Å². The molecule has 0 unspecified atom stereocenters. The minimum absolute atomic E-state index is 0.0163. The van der Waals surface area contributed by atoms with Gasteiger partial charge in [-0.1, -0.05) is 48.0 Å². The molecule has 9 heteroatoms. The topological polar surface area (TPSA) is 144 Å². The van der Waals surface area contributed by atoms with Gasteiger partial charge in [-0.15, -0.1) is 0 Å². The number of hydrogen-bond acceptors (Lipinski definition) is 6. The summed E-state index contributed by atoms with van der Waals surface area (Å²) in [6.07, 6.45) is 6.18. The Balaban J connectivity index is 1.47. The molecule has 0 heterocycles. The maximum absolute atomic E-state index is 12.9. The molecule has 8 nitrogen and oxygen atoms in total. The van der Waals surface area contributed by atoms with Crippen LogP contribution in [0.15, 0.2) is 0 Å². The zero-order valence-electron chi connectivity index (χ0n) is 26.1. The van der Waals surface area contributed by atoms with Gasteiger partial charge in [0.15, 0.2) is 0 Å². The van der Waals surface area contributed by atoms with Crippen LogP contribution in [0.2, 0.25) is 0 Å². The highest BCUT2D eigenvalue weighted by molar-refractivity contribution is 7.85. The summed E-state index contributed by atoms with van der Waals surface area (Å²) in [5, 5.41) is 37.1. The van der Waals surface area contributed by atoms with Crippen molar-refractivity contribution in [3.8, 4) is 0 Å². The van der Waals surface area contributed by atoms with Crippen LogP contribution in [0.5, 0.6) is 0 Å². The molecule has 4 fully saturated rings. The van der Waals surface area contributed by atoms with Crippen LogP contribution in [0.4, 0.5) is 0 Å². The number of aliphatic hydroxyl groups is 3. The molecule has 13 atom stereocenters. The van der Waals surface area contributed by atoms with Gasteiger partial charge >= 0.3 is 0 Å². The molecule has 238 valence electrons. The van der Waals surface area contributed by atoms with Crippen molar-refractivity contribution in [3.05, 3.63) is 0 Å². The molecule has 4 aliphatic rings. The Morgan fingerprint density at radius 3 is 2.29 bits per heavy atom. The Morgan fingerprint density at radius 1 is 1.00 bits per heavy atom. The van der Waals surface area contributed by atoms with Gasteiger partial charge in [-0.2, -0.15) is 8.42 Å². The van der Waals surface area contributed by atoms with Crippen LogP contribution < -0.4 is 5.32 Å². The molecule has 41 heavy (non-hydrogen) atoms. The lowest BCUT2D eigenvalue weighted by molar-refractivity contribution is -0.228. The average Bonchev–Trinajstić information content (AvgIpc) is 3.21. The molecule has 0 aliphatic heterocycles. The minimum Gasteiger partial charge on any atom is -0.393 e. The third-order valence-corrected chi connectivity index (χ3v) is 13.4.